The van der Waals surface area contributed by atoms with Gasteiger partial charge in [-0.05, 0) is 13.0 Å². The number of rotatable bonds is 5. The standard InChI is InChI=1S/C12H16ClNO3/c1-8(12(16)17-2)14-7-11(15)9-5-3-4-6-10(9)13/h3-6,8,11,14-15H,7H2,1-2H3. The molecule has 0 fully saturated rings. The van der Waals surface area contributed by atoms with Crippen LogP contribution in [0.5, 0.6) is 0 Å². The molecule has 17 heavy (non-hydrogen) atoms. The summed E-state index contributed by atoms with van der Waals surface area (Å²) in [6.45, 7) is 1.91. The van der Waals surface area contributed by atoms with E-state index in [1.807, 2.05) is 0 Å². The van der Waals surface area contributed by atoms with Crippen molar-refractivity contribution in [2.75, 3.05) is 13.7 Å². The van der Waals surface area contributed by atoms with Crippen LogP contribution in [0, 0.1) is 0 Å². The summed E-state index contributed by atoms with van der Waals surface area (Å²) in [6, 6.07) is 6.59. The molecule has 0 amide bonds. The highest BCUT2D eigenvalue weighted by Gasteiger charge is 2.16. The van der Waals surface area contributed by atoms with Gasteiger partial charge < -0.3 is 15.2 Å². The van der Waals surface area contributed by atoms with Crippen LogP contribution < -0.4 is 5.32 Å². The molecule has 0 aliphatic heterocycles. The molecule has 1 aromatic carbocycles. The van der Waals surface area contributed by atoms with E-state index in [0.29, 0.717) is 10.6 Å². The number of benzene rings is 1. The van der Waals surface area contributed by atoms with Gasteiger partial charge in [-0.15, -0.1) is 0 Å². The number of methoxy groups -OCH3 is 1. The number of esters is 1. The summed E-state index contributed by atoms with van der Waals surface area (Å²) in [7, 11) is 1.32. The Morgan fingerprint density at radius 2 is 2.18 bits per heavy atom. The van der Waals surface area contributed by atoms with E-state index < -0.39 is 12.1 Å². The van der Waals surface area contributed by atoms with E-state index in [9.17, 15) is 9.90 Å². The molecule has 1 rings (SSSR count). The minimum Gasteiger partial charge on any atom is -0.468 e. The fourth-order valence-corrected chi connectivity index (χ4v) is 1.67. The van der Waals surface area contributed by atoms with Gasteiger partial charge in [-0.2, -0.15) is 0 Å². The van der Waals surface area contributed by atoms with Crippen LogP contribution in [0.3, 0.4) is 0 Å². The third-order valence-electron chi connectivity index (χ3n) is 2.44. The number of aliphatic hydroxyl groups is 1. The Labute approximate surface area is 106 Å². The van der Waals surface area contributed by atoms with Crippen molar-refractivity contribution in [1.29, 1.82) is 0 Å². The number of hydrogen-bond acceptors (Lipinski definition) is 4. The average Bonchev–Trinajstić information content (AvgIpc) is 2.35. The molecule has 0 spiro atoms. The number of hydrogen-bond donors (Lipinski definition) is 2. The van der Waals surface area contributed by atoms with E-state index in [0.717, 1.165) is 0 Å². The lowest BCUT2D eigenvalue weighted by molar-refractivity contribution is -0.142. The average molecular weight is 258 g/mol. The van der Waals surface area contributed by atoms with Crippen LogP contribution in [0.1, 0.15) is 18.6 Å². The highest BCUT2D eigenvalue weighted by atomic mass is 35.5. The topological polar surface area (TPSA) is 58.6 Å². The summed E-state index contributed by atoms with van der Waals surface area (Å²) in [5, 5.41) is 13.3. The molecule has 2 N–H and O–H groups in total. The van der Waals surface area contributed by atoms with Crippen molar-refractivity contribution in [3.8, 4) is 0 Å². The van der Waals surface area contributed by atoms with Crippen molar-refractivity contribution in [3.05, 3.63) is 34.9 Å². The molecular formula is C12H16ClNO3. The Morgan fingerprint density at radius 1 is 1.53 bits per heavy atom. The lowest BCUT2D eigenvalue weighted by Crippen LogP contribution is -2.37. The number of carbonyl (C=O) groups excluding carboxylic acids is 1. The van der Waals surface area contributed by atoms with Crippen molar-refractivity contribution >= 4 is 17.6 Å². The van der Waals surface area contributed by atoms with Crippen LogP contribution in [0.25, 0.3) is 0 Å². The summed E-state index contributed by atoms with van der Waals surface area (Å²) in [5.41, 5.74) is 0.638. The minimum atomic E-state index is -0.754. The Morgan fingerprint density at radius 3 is 2.76 bits per heavy atom. The Hall–Kier alpha value is -1.10. The molecule has 2 unspecified atom stereocenters. The van der Waals surface area contributed by atoms with Crippen LogP contribution in [-0.2, 0) is 9.53 Å². The first kappa shape index (κ1) is 14.0. The summed E-state index contributed by atoms with van der Waals surface area (Å²) in [6.07, 6.45) is -0.754. The molecule has 1 aromatic rings. The monoisotopic (exact) mass is 257 g/mol. The van der Waals surface area contributed by atoms with Gasteiger partial charge in [0.05, 0.1) is 13.2 Å². The van der Waals surface area contributed by atoms with E-state index in [2.05, 4.69) is 10.1 Å². The Balaban J connectivity index is 2.53. The molecule has 0 aliphatic rings. The third kappa shape index (κ3) is 4.00. The molecule has 0 bridgehead atoms. The zero-order chi connectivity index (χ0) is 12.8. The largest absolute Gasteiger partial charge is 0.468 e. The van der Waals surface area contributed by atoms with Gasteiger partial charge in [-0.3, -0.25) is 4.79 Å². The van der Waals surface area contributed by atoms with Crippen molar-refractivity contribution in [2.45, 2.75) is 19.1 Å². The summed E-state index contributed by atoms with van der Waals surface area (Å²) in [4.78, 5) is 11.1. The molecule has 2 atom stereocenters. The van der Waals surface area contributed by atoms with E-state index in [-0.39, 0.29) is 12.5 Å². The second-order valence-corrected chi connectivity index (χ2v) is 4.10. The molecule has 0 saturated heterocycles. The zero-order valence-electron chi connectivity index (χ0n) is 9.81. The lowest BCUT2D eigenvalue weighted by atomic mass is 10.1. The predicted molar refractivity (Wildman–Crippen MR) is 65.9 cm³/mol. The summed E-state index contributed by atoms with van der Waals surface area (Å²) < 4.78 is 4.56. The number of halogens is 1. The Bertz CT molecular complexity index is 384. The SMILES string of the molecule is COC(=O)C(C)NCC(O)c1ccccc1Cl. The van der Waals surface area contributed by atoms with Gasteiger partial charge in [0.1, 0.15) is 6.04 Å². The fourth-order valence-electron chi connectivity index (χ4n) is 1.40. The number of aliphatic hydroxyl groups excluding tert-OH is 1. The summed E-state index contributed by atoms with van der Waals surface area (Å²) >= 11 is 5.94. The maximum Gasteiger partial charge on any atom is 0.322 e. The molecule has 0 radical (unpaired) electrons. The van der Waals surface area contributed by atoms with Gasteiger partial charge in [0.2, 0.25) is 0 Å². The first-order valence-corrected chi connectivity index (χ1v) is 5.67. The predicted octanol–water partition coefficient (Wildman–Crippen LogP) is 1.52. The fraction of sp³-hybridized carbons (Fsp3) is 0.417. The van der Waals surface area contributed by atoms with Crippen molar-refractivity contribution < 1.29 is 14.6 Å². The van der Waals surface area contributed by atoms with E-state index in [4.69, 9.17) is 11.6 Å². The maximum atomic E-state index is 11.1. The van der Waals surface area contributed by atoms with Crippen LogP contribution in [0.2, 0.25) is 5.02 Å². The first-order chi connectivity index (χ1) is 8.06. The third-order valence-corrected chi connectivity index (χ3v) is 2.78. The highest BCUT2D eigenvalue weighted by molar-refractivity contribution is 6.31. The van der Waals surface area contributed by atoms with Gasteiger partial charge in [0.25, 0.3) is 0 Å². The second-order valence-electron chi connectivity index (χ2n) is 3.69. The molecular weight excluding hydrogens is 242 g/mol. The van der Waals surface area contributed by atoms with Gasteiger partial charge >= 0.3 is 5.97 Å². The maximum absolute atomic E-state index is 11.1. The minimum absolute atomic E-state index is 0.236. The van der Waals surface area contributed by atoms with Crippen molar-refractivity contribution in [1.82, 2.24) is 5.32 Å². The second kappa shape index (κ2) is 6.59. The summed E-state index contributed by atoms with van der Waals surface area (Å²) in [5.74, 6) is -0.364. The molecule has 0 aromatic heterocycles. The number of nitrogens with one attached hydrogen (secondary N) is 1. The molecule has 0 aliphatic carbocycles. The van der Waals surface area contributed by atoms with Crippen LogP contribution in [0.4, 0.5) is 0 Å². The smallest absolute Gasteiger partial charge is 0.322 e. The van der Waals surface area contributed by atoms with E-state index >= 15 is 0 Å². The van der Waals surface area contributed by atoms with Crippen molar-refractivity contribution in [2.24, 2.45) is 0 Å². The quantitative estimate of drug-likeness (QED) is 0.786. The number of ether oxygens (including phenoxy) is 1. The molecule has 0 saturated carbocycles. The van der Waals surface area contributed by atoms with Crippen LogP contribution in [-0.4, -0.2) is 30.8 Å². The Kier molecular flexibility index (Phi) is 5.41. The number of carbonyl (C=O) groups is 1. The van der Waals surface area contributed by atoms with Crippen LogP contribution in [0.15, 0.2) is 24.3 Å². The highest BCUT2D eigenvalue weighted by Crippen LogP contribution is 2.21. The van der Waals surface area contributed by atoms with Crippen molar-refractivity contribution in [3.63, 3.8) is 0 Å². The molecule has 4 nitrogen and oxygen atoms in total. The van der Waals surface area contributed by atoms with E-state index in [1.165, 1.54) is 7.11 Å². The first-order valence-electron chi connectivity index (χ1n) is 5.30. The van der Waals surface area contributed by atoms with Gasteiger partial charge in [-0.25, -0.2) is 0 Å². The van der Waals surface area contributed by atoms with E-state index in [1.54, 1.807) is 31.2 Å². The normalized spacial score (nSPS) is 14.1. The van der Waals surface area contributed by atoms with Gasteiger partial charge in [0, 0.05) is 17.1 Å². The molecule has 5 heteroatoms. The van der Waals surface area contributed by atoms with Gasteiger partial charge in [0.15, 0.2) is 0 Å². The molecule has 0 heterocycles. The van der Waals surface area contributed by atoms with Gasteiger partial charge in [-0.1, -0.05) is 29.8 Å². The molecule has 94 valence electrons. The van der Waals surface area contributed by atoms with Crippen LogP contribution >= 0.6 is 11.6 Å². The lowest BCUT2D eigenvalue weighted by Gasteiger charge is -2.16. The zero-order valence-corrected chi connectivity index (χ0v) is 10.6.